The van der Waals surface area contributed by atoms with Gasteiger partial charge in [0.2, 0.25) is 0 Å². The summed E-state index contributed by atoms with van der Waals surface area (Å²) in [5.74, 6) is 0.206. The summed E-state index contributed by atoms with van der Waals surface area (Å²) in [7, 11) is 0. The van der Waals surface area contributed by atoms with Gasteiger partial charge in [-0.1, -0.05) is 13.8 Å². The van der Waals surface area contributed by atoms with Crippen molar-refractivity contribution in [1.29, 1.82) is 0 Å². The summed E-state index contributed by atoms with van der Waals surface area (Å²) in [6.07, 6.45) is 3.30. The van der Waals surface area contributed by atoms with Gasteiger partial charge < -0.3 is 15.2 Å². The van der Waals surface area contributed by atoms with E-state index >= 15 is 0 Å². The minimum atomic E-state index is -0.822. The number of carbonyl (C=O) groups is 1. The summed E-state index contributed by atoms with van der Waals surface area (Å²) >= 11 is 1.82. The van der Waals surface area contributed by atoms with Crippen LogP contribution in [-0.4, -0.2) is 46.9 Å². The fourth-order valence-corrected chi connectivity index (χ4v) is 3.56. The number of likely N-dealkylation sites (N-methyl/N-ethyl adjacent to an activating group) is 1. The molecular formula is C13H25NO3S. The molecule has 0 aliphatic carbocycles. The smallest absolute Gasteiger partial charge is 0.323 e. The van der Waals surface area contributed by atoms with Gasteiger partial charge >= 0.3 is 5.97 Å². The zero-order valence-corrected chi connectivity index (χ0v) is 12.4. The monoisotopic (exact) mass is 275 g/mol. The predicted molar refractivity (Wildman–Crippen MR) is 75.2 cm³/mol. The highest BCUT2D eigenvalue weighted by Gasteiger charge is 2.34. The van der Waals surface area contributed by atoms with E-state index in [0.717, 1.165) is 25.2 Å². The summed E-state index contributed by atoms with van der Waals surface area (Å²) in [6, 6.07) is 0. The van der Waals surface area contributed by atoms with Gasteiger partial charge in [0.1, 0.15) is 5.54 Å². The van der Waals surface area contributed by atoms with Crippen molar-refractivity contribution < 1.29 is 14.6 Å². The average Bonchev–Trinajstić information content (AvgIpc) is 2.79. The van der Waals surface area contributed by atoms with Gasteiger partial charge in [0.15, 0.2) is 0 Å². The van der Waals surface area contributed by atoms with E-state index in [1.807, 2.05) is 18.7 Å². The number of carboxylic acid groups (broad SMARTS) is 1. The fraction of sp³-hybridized carbons (Fsp3) is 0.923. The van der Waals surface area contributed by atoms with Gasteiger partial charge in [0.05, 0.1) is 6.10 Å². The van der Waals surface area contributed by atoms with Crippen LogP contribution in [-0.2, 0) is 9.53 Å². The second-order valence-corrected chi connectivity index (χ2v) is 6.62. The van der Waals surface area contributed by atoms with Crippen molar-refractivity contribution in [3.8, 4) is 0 Å². The van der Waals surface area contributed by atoms with Crippen molar-refractivity contribution in [2.24, 2.45) is 0 Å². The summed E-state index contributed by atoms with van der Waals surface area (Å²) in [6.45, 7) is 7.35. The van der Waals surface area contributed by atoms with Gasteiger partial charge in [0, 0.05) is 17.6 Å². The SMILES string of the molecule is CCNC(C)(CC(C)SCC1CCCO1)C(=O)O. The molecule has 0 bridgehead atoms. The molecule has 0 spiro atoms. The van der Waals surface area contributed by atoms with Crippen LogP contribution in [0.5, 0.6) is 0 Å². The lowest BCUT2D eigenvalue weighted by atomic mass is 9.96. The maximum absolute atomic E-state index is 11.3. The van der Waals surface area contributed by atoms with Gasteiger partial charge in [-0.05, 0) is 32.7 Å². The molecule has 1 heterocycles. The molecule has 3 unspecified atom stereocenters. The highest BCUT2D eigenvalue weighted by molar-refractivity contribution is 7.99. The molecule has 5 heteroatoms. The van der Waals surface area contributed by atoms with Crippen molar-refractivity contribution >= 4 is 17.7 Å². The number of ether oxygens (including phenoxy) is 1. The largest absolute Gasteiger partial charge is 0.480 e. The van der Waals surface area contributed by atoms with Crippen molar-refractivity contribution in [3.63, 3.8) is 0 Å². The van der Waals surface area contributed by atoms with Crippen LogP contribution in [0.25, 0.3) is 0 Å². The molecule has 1 saturated heterocycles. The minimum Gasteiger partial charge on any atom is -0.480 e. The second-order valence-electron chi connectivity index (χ2n) is 5.15. The summed E-state index contributed by atoms with van der Waals surface area (Å²) in [5, 5.41) is 12.7. The van der Waals surface area contributed by atoms with E-state index in [1.54, 1.807) is 6.92 Å². The Kier molecular flexibility index (Phi) is 6.46. The average molecular weight is 275 g/mol. The Labute approximate surface area is 114 Å². The molecule has 0 amide bonds. The standard InChI is InChI=1S/C13H25NO3S/c1-4-14-13(3,12(15)16)8-10(2)18-9-11-6-5-7-17-11/h10-11,14H,4-9H2,1-3H3,(H,15,16). The molecule has 1 fully saturated rings. The Morgan fingerprint density at radius 1 is 1.67 bits per heavy atom. The minimum absolute atomic E-state index is 0.314. The highest BCUT2D eigenvalue weighted by Crippen LogP contribution is 2.25. The molecular weight excluding hydrogens is 250 g/mol. The van der Waals surface area contributed by atoms with E-state index < -0.39 is 11.5 Å². The van der Waals surface area contributed by atoms with Gasteiger partial charge in [-0.25, -0.2) is 0 Å². The Morgan fingerprint density at radius 3 is 2.89 bits per heavy atom. The number of aliphatic carboxylic acids is 1. The first kappa shape index (κ1) is 15.8. The van der Waals surface area contributed by atoms with E-state index in [4.69, 9.17) is 4.74 Å². The molecule has 106 valence electrons. The van der Waals surface area contributed by atoms with Crippen LogP contribution in [0.2, 0.25) is 0 Å². The molecule has 1 aliphatic heterocycles. The Hall–Kier alpha value is -0.260. The lowest BCUT2D eigenvalue weighted by Crippen LogP contribution is -2.50. The molecule has 4 nitrogen and oxygen atoms in total. The first-order chi connectivity index (χ1) is 8.48. The van der Waals surface area contributed by atoms with E-state index in [9.17, 15) is 9.90 Å². The predicted octanol–water partition coefficient (Wildman–Crippen LogP) is 2.13. The maximum atomic E-state index is 11.3. The number of hydrogen-bond donors (Lipinski definition) is 2. The lowest BCUT2D eigenvalue weighted by Gasteiger charge is -2.29. The molecule has 0 aromatic heterocycles. The lowest BCUT2D eigenvalue weighted by molar-refractivity contribution is -0.144. The Balaban J connectivity index is 2.35. The quantitative estimate of drug-likeness (QED) is 0.710. The maximum Gasteiger partial charge on any atom is 0.323 e. The van der Waals surface area contributed by atoms with E-state index in [0.29, 0.717) is 24.3 Å². The molecule has 2 N–H and O–H groups in total. The molecule has 1 rings (SSSR count). The van der Waals surface area contributed by atoms with Crippen LogP contribution in [0, 0.1) is 0 Å². The molecule has 18 heavy (non-hydrogen) atoms. The zero-order chi connectivity index (χ0) is 13.6. The number of hydrogen-bond acceptors (Lipinski definition) is 4. The normalized spacial score (nSPS) is 24.7. The van der Waals surface area contributed by atoms with Crippen molar-refractivity contribution in [2.45, 2.75) is 56.9 Å². The van der Waals surface area contributed by atoms with Crippen LogP contribution in [0.15, 0.2) is 0 Å². The first-order valence-corrected chi connectivity index (χ1v) is 7.74. The molecule has 0 saturated carbocycles. The highest BCUT2D eigenvalue weighted by atomic mass is 32.2. The third kappa shape index (κ3) is 4.78. The number of thioether (sulfide) groups is 1. The Morgan fingerprint density at radius 2 is 2.39 bits per heavy atom. The van der Waals surface area contributed by atoms with Crippen LogP contribution in [0.3, 0.4) is 0 Å². The van der Waals surface area contributed by atoms with Gasteiger partial charge in [-0.15, -0.1) is 0 Å². The van der Waals surface area contributed by atoms with Crippen molar-refractivity contribution in [3.05, 3.63) is 0 Å². The summed E-state index contributed by atoms with van der Waals surface area (Å²) in [5.41, 5.74) is -0.822. The van der Waals surface area contributed by atoms with Crippen LogP contribution < -0.4 is 5.32 Å². The van der Waals surface area contributed by atoms with Gasteiger partial charge in [0.25, 0.3) is 0 Å². The molecule has 0 aromatic rings. The van der Waals surface area contributed by atoms with E-state index in [2.05, 4.69) is 12.2 Å². The number of carboxylic acids is 1. The fourth-order valence-electron chi connectivity index (χ4n) is 2.31. The van der Waals surface area contributed by atoms with Crippen molar-refractivity contribution in [2.75, 3.05) is 18.9 Å². The number of nitrogens with one attached hydrogen (secondary N) is 1. The van der Waals surface area contributed by atoms with E-state index in [-0.39, 0.29) is 0 Å². The molecule has 0 aromatic carbocycles. The third-order valence-electron chi connectivity index (χ3n) is 3.33. The van der Waals surface area contributed by atoms with Crippen LogP contribution >= 0.6 is 11.8 Å². The van der Waals surface area contributed by atoms with Crippen LogP contribution in [0.1, 0.15) is 40.0 Å². The van der Waals surface area contributed by atoms with Gasteiger partial charge in [-0.3, -0.25) is 4.79 Å². The first-order valence-electron chi connectivity index (χ1n) is 6.69. The molecule has 1 aliphatic rings. The Bertz CT molecular complexity index is 269. The molecule has 0 radical (unpaired) electrons. The van der Waals surface area contributed by atoms with Crippen LogP contribution in [0.4, 0.5) is 0 Å². The second kappa shape index (κ2) is 7.36. The number of rotatable bonds is 8. The topological polar surface area (TPSA) is 58.6 Å². The summed E-state index contributed by atoms with van der Waals surface area (Å²) in [4.78, 5) is 11.3. The third-order valence-corrected chi connectivity index (χ3v) is 4.63. The van der Waals surface area contributed by atoms with Gasteiger partial charge in [-0.2, -0.15) is 11.8 Å². The van der Waals surface area contributed by atoms with E-state index in [1.165, 1.54) is 0 Å². The summed E-state index contributed by atoms with van der Waals surface area (Å²) < 4.78 is 5.58. The van der Waals surface area contributed by atoms with Crippen molar-refractivity contribution in [1.82, 2.24) is 5.32 Å². The zero-order valence-electron chi connectivity index (χ0n) is 11.6. The molecule has 3 atom stereocenters.